The quantitative estimate of drug-likeness (QED) is 0.268. The van der Waals surface area contributed by atoms with Crippen LogP contribution in [0.15, 0.2) is 68.6 Å². The molecule has 2 aliphatic carbocycles. The minimum atomic E-state index is -0.192. The maximum Gasteiger partial charge on any atom is 0.258 e. The van der Waals surface area contributed by atoms with E-state index in [0.717, 1.165) is 48.9 Å². The lowest BCUT2D eigenvalue weighted by Crippen LogP contribution is -2.43. The van der Waals surface area contributed by atoms with Crippen LogP contribution < -0.4 is 10.9 Å². The summed E-state index contributed by atoms with van der Waals surface area (Å²) in [6.07, 6.45) is 9.56. The van der Waals surface area contributed by atoms with Gasteiger partial charge in [0.15, 0.2) is 10.3 Å². The summed E-state index contributed by atoms with van der Waals surface area (Å²) in [4.78, 5) is 36.2. The maximum atomic E-state index is 14.3. The molecule has 0 saturated heterocycles. The molecule has 3 heterocycles. The van der Waals surface area contributed by atoms with Gasteiger partial charge in [-0.1, -0.05) is 55.3 Å². The second kappa shape index (κ2) is 9.71. The highest BCUT2D eigenvalue weighted by molar-refractivity contribution is 7.99. The predicted molar refractivity (Wildman–Crippen MR) is 142 cm³/mol. The topological polar surface area (TPSA) is 90.0 Å². The molecule has 9 heteroatoms. The number of fused-ring (bicyclic) bond motifs is 4. The van der Waals surface area contributed by atoms with Gasteiger partial charge in [-0.25, -0.2) is 9.97 Å². The number of carbonyl (C=O) groups is 1. The van der Waals surface area contributed by atoms with Crippen molar-refractivity contribution in [2.45, 2.75) is 55.6 Å². The van der Waals surface area contributed by atoms with E-state index in [9.17, 15) is 9.59 Å². The second-order valence-electron chi connectivity index (χ2n) is 9.44. The molecule has 36 heavy (non-hydrogen) atoms. The van der Waals surface area contributed by atoms with Gasteiger partial charge in [0.2, 0.25) is 5.91 Å². The first-order chi connectivity index (χ1) is 17.6. The Bertz CT molecular complexity index is 1440. The van der Waals surface area contributed by atoms with E-state index in [2.05, 4.69) is 28.5 Å². The molecule has 0 atom stereocenters. The van der Waals surface area contributed by atoms with Crippen molar-refractivity contribution >= 4 is 34.1 Å². The van der Waals surface area contributed by atoms with Crippen LogP contribution in [-0.4, -0.2) is 26.2 Å². The highest BCUT2D eigenvalue weighted by atomic mass is 32.2. The van der Waals surface area contributed by atoms with Crippen LogP contribution in [0, 0.1) is 0 Å². The fourth-order valence-electron chi connectivity index (χ4n) is 5.60. The Morgan fingerprint density at radius 3 is 2.81 bits per heavy atom. The highest BCUT2D eigenvalue weighted by Gasteiger charge is 2.43. The highest BCUT2D eigenvalue weighted by Crippen LogP contribution is 2.48. The van der Waals surface area contributed by atoms with E-state index in [1.165, 1.54) is 35.1 Å². The lowest BCUT2D eigenvalue weighted by atomic mass is 9.62. The number of rotatable bonds is 6. The first-order valence-corrected chi connectivity index (χ1v) is 14.1. The van der Waals surface area contributed by atoms with Crippen molar-refractivity contribution in [3.63, 3.8) is 0 Å². The van der Waals surface area contributed by atoms with Gasteiger partial charge in [0.25, 0.3) is 5.56 Å². The minimum Gasteiger partial charge on any atom is -0.467 e. The van der Waals surface area contributed by atoms with Gasteiger partial charge >= 0.3 is 0 Å². The predicted octanol–water partition coefficient (Wildman–Crippen LogP) is 5.50. The number of furan rings is 1. The van der Waals surface area contributed by atoms with E-state index in [1.807, 2.05) is 23.6 Å². The lowest BCUT2D eigenvalue weighted by Gasteiger charge is -2.42. The Balaban J connectivity index is 1.45. The third-order valence-electron chi connectivity index (χ3n) is 7.18. The molecule has 3 aromatic heterocycles. The van der Waals surface area contributed by atoms with E-state index in [-0.39, 0.29) is 29.2 Å². The molecule has 1 saturated carbocycles. The zero-order chi connectivity index (χ0) is 24.5. The average molecular weight is 519 g/mol. The van der Waals surface area contributed by atoms with Crippen LogP contribution in [0.25, 0.3) is 11.3 Å². The monoisotopic (exact) mass is 518 g/mol. The lowest BCUT2D eigenvalue weighted by molar-refractivity contribution is -0.113. The smallest absolute Gasteiger partial charge is 0.258 e. The van der Waals surface area contributed by atoms with Crippen LogP contribution in [-0.2, 0) is 23.2 Å². The molecule has 7 nitrogen and oxygen atoms in total. The molecule has 6 rings (SSSR count). The van der Waals surface area contributed by atoms with Gasteiger partial charge in [0.05, 0.1) is 29.8 Å². The number of nitrogens with zero attached hydrogens (tertiary/aromatic N) is 3. The van der Waals surface area contributed by atoms with Crippen LogP contribution in [0.2, 0.25) is 0 Å². The fourth-order valence-corrected chi connectivity index (χ4v) is 6.94. The maximum absolute atomic E-state index is 14.3. The zero-order valence-corrected chi connectivity index (χ0v) is 21.4. The largest absolute Gasteiger partial charge is 0.467 e. The summed E-state index contributed by atoms with van der Waals surface area (Å²) in [7, 11) is 0. The van der Waals surface area contributed by atoms with Crippen LogP contribution in [0.1, 0.15) is 49.0 Å². The first-order valence-electron chi connectivity index (χ1n) is 12.2. The van der Waals surface area contributed by atoms with Crippen LogP contribution in [0.4, 0.5) is 5.13 Å². The summed E-state index contributed by atoms with van der Waals surface area (Å²) in [5.74, 6) is 0.618. The Hall–Kier alpha value is -3.17. The van der Waals surface area contributed by atoms with Crippen molar-refractivity contribution in [1.82, 2.24) is 14.5 Å². The summed E-state index contributed by atoms with van der Waals surface area (Å²) >= 11 is 2.64. The fraction of sp³-hybridized carbons (Fsp3) is 0.333. The molecule has 1 aromatic carbocycles. The summed E-state index contributed by atoms with van der Waals surface area (Å²) in [5.41, 5.74) is 3.68. The molecule has 0 unspecified atom stereocenters. The van der Waals surface area contributed by atoms with Gasteiger partial charge < -0.3 is 9.73 Å². The van der Waals surface area contributed by atoms with Crippen LogP contribution in [0.5, 0.6) is 0 Å². The normalized spacial score (nSPS) is 15.9. The summed E-state index contributed by atoms with van der Waals surface area (Å²) in [5, 5.41) is 5.70. The van der Waals surface area contributed by atoms with Crippen molar-refractivity contribution in [3.05, 3.63) is 81.5 Å². The Kier molecular flexibility index (Phi) is 6.27. The molecule has 184 valence electrons. The van der Waals surface area contributed by atoms with Gasteiger partial charge in [-0.15, -0.1) is 11.3 Å². The molecule has 1 spiro atoms. The number of nitrogens with one attached hydrogen (secondary N) is 1. The molecule has 2 aliphatic rings. The number of benzene rings is 1. The Morgan fingerprint density at radius 2 is 2.03 bits per heavy atom. The number of amides is 1. The minimum absolute atomic E-state index is 0.0179. The number of thiazole rings is 1. The standard InChI is InChI=1S/C27H26N4O3S2/c32-21(29-25-28-12-14-35-25)17-36-26-30-23-20-9-3-2-7-18(20)15-27(10-4-1-5-11-27)22(23)24(33)31(26)16-19-8-6-13-34-19/h2-3,6-9,12-14H,1,4-5,10-11,15-17H2,(H,28,29,32). The van der Waals surface area contributed by atoms with Gasteiger partial charge in [-0.05, 0) is 37.0 Å². The van der Waals surface area contributed by atoms with E-state index in [4.69, 9.17) is 9.40 Å². The van der Waals surface area contributed by atoms with Gasteiger partial charge in [-0.2, -0.15) is 0 Å². The third kappa shape index (κ3) is 4.30. The molecule has 1 fully saturated rings. The molecule has 0 aliphatic heterocycles. The van der Waals surface area contributed by atoms with Crippen molar-refractivity contribution in [2.24, 2.45) is 0 Å². The van der Waals surface area contributed by atoms with Crippen molar-refractivity contribution < 1.29 is 9.21 Å². The number of hydrogen-bond acceptors (Lipinski definition) is 7. The average Bonchev–Trinajstić information content (AvgIpc) is 3.59. The molecule has 1 N–H and O–H groups in total. The first kappa shape index (κ1) is 23.2. The van der Waals surface area contributed by atoms with E-state index in [1.54, 1.807) is 17.0 Å². The van der Waals surface area contributed by atoms with Gasteiger partial charge in [-0.3, -0.25) is 14.2 Å². The van der Waals surface area contributed by atoms with Crippen molar-refractivity contribution in [3.8, 4) is 11.3 Å². The van der Waals surface area contributed by atoms with Crippen molar-refractivity contribution in [2.75, 3.05) is 11.1 Å². The summed E-state index contributed by atoms with van der Waals surface area (Å²) in [6, 6.07) is 12.0. The molecule has 0 bridgehead atoms. The number of thioether (sulfide) groups is 1. The van der Waals surface area contributed by atoms with Crippen LogP contribution >= 0.6 is 23.1 Å². The number of anilines is 1. The zero-order valence-electron chi connectivity index (χ0n) is 19.7. The van der Waals surface area contributed by atoms with Crippen molar-refractivity contribution in [1.29, 1.82) is 0 Å². The van der Waals surface area contributed by atoms with Crippen LogP contribution in [0.3, 0.4) is 0 Å². The van der Waals surface area contributed by atoms with E-state index >= 15 is 0 Å². The number of hydrogen-bond donors (Lipinski definition) is 1. The van der Waals surface area contributed by atoms with Gasteiger partial charge in [0.1, 0.15) is 5.76 Å². The van der Waals surface area contributed by atoms with Gasteiger partial charge in [0, 0.05) is 22.6 Å². The molecule has 1 amide bonds. The summed E-state index contributed by atoms with van der Waals surface area (Å²) < 4.78 is 7.30. The summed E-state index contributed by atoms with van der Waals surface area (Å²) in [6.45, 7) is 0.278. The third-order valence-corrected chi connectivity index (χ3v) is 8.85. The number of aromatic nitrogens is 3. The Morgan fingerprint density at radius 1 is 1.17 bits per heavy atom. The molecule has 0 radical (unpaired) electrons. The molecular weight excluding hydrogens is 492 g/mol. The molecule has 4 aromatic rings. The van der Waals surface area contributed by atoms with E-state index < -0.39 is 0 Å². The Labute approximate surface area is 217 Å². The number of carbonyl (C=O) groups excluding carboxylic acids is 1. The van der Waals surface area contributed by atoms with E-state index in [0.29, 0.717) is 16.0 Å². The SMILES string of the molecule is O=C(CSc1nc2c(c(=O)n1Cc1ccco1)C1(CCCCC1)Cc1ccccc1-2)Nc1nccs1. The second-order valence-corrected chi connectivity index (χ2v) is 11.3. The molecular formula is C27H26N4O3S2.